The molecule has 2 rings (SSSR count). The lowest BCUT2D eigenvalue weighted by Crippen LogP contribution is -2.49. The highest BCUT2D eigenvalue weighted by Gasteiger charge is 2.36. The van der Waals surface area contributed by atoms with E-state index in [1.807, 2.05) is 0 Å². The Balaban J connectivity index is 0.00000242. The van der Waals surface area contributed by atoms with Crippen LogP contribution in [-0.4, -0.2) is 43.0 Å². The topological polar surface area (TPSA) is 58.4 Å². The second-order valence-electron chi connectivity index (χ2n) is 7.06. The van der Waals surface area contributed by atoms with E-state index in [-0.39, 0.29) is 36.1 Å². The minimum absolute atomic E-state index is 0. The smallest absolute Gasteiger partial charge is 0.227 e. The van der Waals surface area contributed by atoms with E-state index in [2.05, 4.69) is 24.1 Å². The van der Waals surface area contributed by atoms with Crippen molar-refractivity contribution in [2.45, 2.75) is 64.8 Å². The summed E-state index contributed by atoms with van der Waals surface area (Å²) in [6.07, 6.45) is 8.35. The lowest BCUT2D eigenvalue weighted by atomic mass is 9.81. The second-order valence-corrected chi connectivity index (χ2v) is 7.06. The number of nitrogens with zero attached hydrogens (tertiary/aromatic N) is 1. The van der Waals surface area contributed by atoms with Gasteiger partial charge in [0.2, 0.25) is 5.91 Å². The van der Waals surface area contributed by atoms with Gasteiger partial charge in [-0.3, -0.25) is 4.79 Å². The predicted octanol–water partition coefficient (Wildman–Crippen LogP) is 2.98. The Labute approximate surface area is 154 Å². The third-order valence-electron chi connectivity index (χ3n) is 5.82. The van der Waals surface area contributed by atoms with Crippen molar-refractivity contribution in [1.82, 2.24) is 10.2 Å². The Kier molecular flexibility index (Phi) is 10.7. The van der Waals surface area contributed by atoms with Crippen LogP contribution in [0.5, 0.6) is 0 Å². The van der Waals surface area contributed by atoms with E-state index in [1.54, 1.807) is 0 Å². The van der Waals surface area contributed by atoms with Crippen molar-refractivity contribution in [3.63, 3.8) is 0 Å². The van der Waals surface area contributed by atoms with Crippen LogP contribution in [0, 0.1) is 11.3 Å². The van der Waals surface area contributed by atoms with E-state index >= 15 is 0 Å². The summed E-state index contributed by atoms with van der Waals surface area (Å²) in [4.78, 5) is 15.1. The molecule has 0 aromatic carbocycles. The van der Waals surface area contributed by atoms with Gasteiger partial charge in [0.15, 0.2) is 0 Å². The molecule has 3 N–H and O–H groups in total. The number of amides is 1. The van der Waals surface area contributed by atoms with Gasteiger partial charge in [-0.25, -0.2) is 0 Å². The fourth-order valence-electron chi connectivity index (χ4n) is 3.97. The molecule has 6 heteroatoms. The van der Waals surface area contributed by atoms with Crippen LogP contribution in [0.4, 0.5) is 0 Å². The van der Waals surface area contributed by atoms with Crippen molar-refractivity contribution in [2.75, 3.05) is 26.2 Å². The van der Waals surface area contributed by atoms with Gasteiger partial charge in [0.1, 0.15) is 0 Å². The van der Waals surface area contributed by atoms with Crippen molar-refractivity contribution in [2.24, 2.45) is 17.1 Å². The molecule has 1 saturated heterocycles. The highest BCUT2D eigenvalue weighted by atomic mass is 35.5. The Bertz CT molecular complexity index is 336. The van der Waals surface area contributed by atoms with Gasteiger partial charge in [0.25, 0.3) is 0 Å². The zero-order valence-corrected chi connectivity index (χ0v) is 16.3. The molecule has 1 heterocycles. The lowest BCUT2D eigenvalue weighted by Gasteiger charge is -2.30. The number of rotatable bonds is 7. The molecule has 0 aromatic heterocycles. The minimum atomic E-state index is -0.362. The van der Waals surface area contributed by atoms with E-state index in [0.717, 1.165) is 38.3 Å². The molecular formula is C17H35Cl2N3O. The van der Waals surface area contributed by atoms with Crippen LogP contribution in [0.15, 0.2) is 0 Å². The summed E-state index contributed by atoms with van der Waals surface area (Å²) in [5.41, 5.74) is 5.51. The van der Waals surface area contributed by atoms with Crippen molar-refractivity contribution >= 4 is 30.7 Å². The molecule has 1 unspecified atom stereocenters. The third-order valence-corrected chi connectivity index (χ3v) is 5.82. The molecule has 0 radical (unpaired) electrons. The highest BCUT2D eigenvalue weighted by Crippen LogP contribution is 2.28. The molecule has 4 nitrogen and oxygen atoms in total. The van der Waals surface area contributed by atoms with Gasteiger partial charge in [0, 0.05) is 32.2 Å². The van der Waals surface area contributed by atoms with Gasteiger partial charge >= 0.3 is 0 Å². The number of hydrogen-bond acceptors (Lipinski definition) is 3. The molecule has 1 atom stereocenters. The lowest BCUT2D eigenvalue weighted by molar-refractivity contribution is -0.131. The maximum absolute atomic E-state index is 12.6. The minimum Gasteiger partial charge on any atom is -0.352 e. The van der Waals surface area contributed by atoms with Gasteiger partial charge in [-0.1, -0.05) is 26.7 Å². The average molecular weight is 368 g/mol. The van der Waals surface area contributed by atoms with Crippen LogP contribution in [0.1, 0.15) is 58.8 Å². The maximum Gasteiger partial charge on any atom is 0.227 e. The van der Waals surface area contributed by atoms with Crippen molar-refractivity contribution in [1.29, 1.82) is 0 Å². The molecule has 1 aliphatic carbocycles. The van der Waals surface area contributed by atoms with E-state index in [1.165, 1.54) is 32.2 Å². The first kappa shape index (κ1) is 23.0. The monoisotopic (exact) mass is 367 g/mol. The van der Waals surface area contributed by atoms with E-state index in [0.29, 0.717) is 12.6 Å². The normalized spacial score (nSPS) is 22.5. The van der Waals surface area contributed by atoms with Gasteiger partial charge in [-0.05, 0) is 38.0 Å². The summed E-state index contributed by atoms with van der Waals surface area (Å²) in [6.45, 7) is 7.97. The molecule has 0 spiro atoms. The number of nitrogens with one attached hydrogen (secondary N) is 1. The summed E-state index contributed by atoms with van der Waals surface area (Å²) in [5.74, 6) is 1.07. The predicted molar refractivity (Wildman–Crippen MR) is 102 cm³/mol. The number of nitrogens with two attached hydrogens (primary N) is 1. The van der Waals surface area contributed by atoms with Crippen LogP contribution in [-0.2, 0) is 4.79 Å². The van der Waals surface area contributed by atoms with Gasteiger partial charge in [0.05, 0.1) is 5.41 Å². The molecule has 1 aliphatic heterocycles. The molecule has 138 valence electrons. The largest absolute Gasteiger partial charge is 0.352 e. The zero-order valence-electron chi connectivity index (χ0n) is 14.7. The van der Waals surface area contributed by atoms with Gasteiger partial charge in [-0.15, -0.1) is 24.8 Å². The number of carbonyl (C=O) groups excluding carboxylic acids is 1. The van der Waals surface area contributed by atoms with Crippen molar-refractivity contribution < 1.29 is 4.79 Å². The summed E-state index contributed by atoms with van der Waals surface area (Å²) < 4.78 is 0. The first-order valence-electron chi connectivity index (χ1n) is 8.87. The summed E-state index contributed by atoms with van der Waals surface area (Å²) in [7, 11) is 0. The fourth-order valence-corrected chi connectivity index (χ4v) is 3.97. The van der Waals surface area contributed by atoms with Crippen LogP contribution < -0.4 is 11.1 Å². The number of likely N-dealkylation sites (tertiary alicyclic amines) is 1. The zero-order chi connectivity index (χ0) is 15.3. The number of carbonyl (C=O) groups is 1. The Morgan fingerprint density at radius 2 is 1.78 bits per heavy atom. The van der Waals surface area contributed by atoms with Crippen LogP contribution in [0.25, 0.3) is 0 Å². The van der Waals surface area contributed by atoms with Gasteiger partial charge < -0.3 is 16.0 Å². The molecule has 2 aliphatic rings. The molecule has 0 aromatic rings. The molecule has 1 amide bonds. The van der Waals surface area contributed by atoms with E-state index < -0.39 is 0 Å². The standard InChI is InChI=1S/C17H33N3O.2ClH/c1-3-17(4-2,13-18)16(21)19-15-9-10-20(12-15)11-14-7-5-6-8-14;;/h14-15H,3-13,18H2,1-2H3,(H,19,21);2*1H. The van der Waals surface area contributed by atoms with Crippen LogP contribution in [0.2, 0.25) is 0 Å². The molecular weight excluding hydrogens is 333 g/mol. The Morgan fingerprint density at radius 3 is 2.30 bits per heavy atom. The molecule has 2 fully saturated rings. The molecule has 0 bridgehead atoms. The average Bonchev–Trinajstić information content (AvgIpc) is 3.14. The quantitative estimate of drug-likeness (QED) is 0.726. The van der Waals surface area contributed by atoms with Gasteiger partial charge in [-0.2, -0.15) is 0 Å². The van der Waals surface area contributed by atoms with Crippen LogP contribution in [0.3, 0.4) is 0 Å². The highest BCUT2D eigenvalue weighted by molar-refractivity contribution is 5.85. The first-order chi connectivity index (χ1) is 10.1. The molecule has 23 heavy (non-hydrogen) atoms. The fraction of sp³-hybridized carbons (Fsp3) is 0.941. The van der Waals surface area contributed by atoms with Crippen molar-refractivity contribution in [3.8, 4) is 0 Å². The first-order valence-corrected chi connectivity index (χ1v) is 8.87. The third kappa shape index (κ3) is 5.77. The second kappa shape index (κ2) is 10.8. The number of hydrogen-bond donors (Lipinski definition) is 2. The molecule has 1 saturated carbocycles. The van der Waals surface area contributed by atoms with E-state index in [9.17, 15) is 4.79 Å². The number of halogens is 2. The Morgan fingerprint density at radius 1 is 1.17 bits per heavy atom. The summed E-state index contributed by atoms with van der Waals surface area (Å²) in [5, 5.41) is 3.27. The Hall–Kier alpha value is -0.0300. The maximum atomic E-state index is 12.6. The summed E-state index contributed by atoms with van der Waals surface area (Å²) in [6, 6.07) is 0.322. The SMILES string of the molecule is CCC(CC)(CN)C(=O)NC1CCN(CC2CCCC2)C1.Cl.Cl. The van der Waals surface area contributed by atoms with E-state index in [4.69, 9.17) is 5.73 Å². The van der Waals surface area contributed by atoms with Crippen molar-refractivity contribution in [3.05, 3.63) is 0 Å². The summed E-state index contributed by atoms with van der Waals surface area (Å²) >= 11 is 0. The van der Waals surface area contributed by atoms with Crippen LogP contribution >= 0.6 is 24.8 Å².